The van der Waals surface area contributed by atoms with E-state index in [4.69, 9.17) is 56.2 Å². The van der Waals surface area contributed by atoms with Gasteiger partial charge in [0.15, 0.2) is 17.4 Å². The van der Waals surface area contributed by atoms with Gasteiger partial charge in [0.05, 0.1) is 26.4 Å². The molecule has 3 unspecified atom stereocenters. The fraction of sp³-hybridized carbons (Fsp3) is 0.846. The molecule has 1 aliphatic carbocycles. The van der Waals surface area contributed by atoms with Crippen molar-refractivity contribution in [3.05, 3.63) is 30.3 Å². The quantitative estimate of drug-likeness (QED) is 0.0612. The lowest BCUT2D eigenvalue weighted by Gasteiger charge is -2.47. The molecule has 0 radical (unpaired) electrons. The van der Waals surface area contributed by atoms with Crippen molar-refractivity contribution in [2.24, 2.45) is 0 Å². The Hall–Kier alpha value is -1.19. The van der Waals surface area contributed by atoms with Crippen LogP contribution in [0.25, 0.3) is 0 Å². The van der Waals surface area contributed by atoms with Gasteiger partial charge >= 0.3 is 7.82 Å². The Bertz CT molecular complexity index is 1230. The van der Waals surface area contributed by atoms with E-state index in [1.165, 1.54) is 6.42 Å². The average molecular weight is 773 g/mol. The first-order valence-corrected chi connectivity index (χ1v) is 21.3. The van der Waals surface area contributed by atoms with Gasteiger partial charge in [-0.25, -0.2) is 4.57 Å². The standard InChI is InChI=1S/C39H65O13P/c1-8-10-12-17-23-43-27-30(44-24-18-13-11-9-2)28-45-53(40,51-29-19-15-14-16-20-29)52-36-34-31(46-37(3,4)48-34)33(32-35(36)49-38(5,6)47-32)50-39(41-7)21-25-42-26-22-39/h14-16,19-20,30-36H,8-13,17-18,21-28H2,1-7H3/t30-,31-,32+,33?,34-,35-,36?,53?/m1/s1. The monoisotopic (exact) mass is 772 g/mol. The van der Waals surface area contributed by atoms with E-state index in [2.05, 4.69) is 13.8 Å². The molecule has 3 aliphatic heterocycles. The van der Waals surface area contributed by atoms with E-state index in [-0.39, 0.29) is 13.2 Å². The zero-order valence-electron chi connectivity index (χ0n) is 33.0. The number of benzene rings is 1. The maximum Gasteiger partial charge on any atom is 0.530 e. The van der Waals surface area contributed by atoms with Gasteiger partial charge in [0.2, 0.25) is 0 Å². The van der Waals surface area contributed by atoms with Crippen LogP contribution >= 0.6 is 7.82 Å². The van der Waals surface area contributed by atoms with E-state index in [1.54, 1.807) is 31.4 Å². The van der Waals surface area contributed by atoms with Crippen molar-refractivity contribution in [1.82, 2.24) is 0 Å². The highest BCUT2D eigenvalue weighted by Crippen LogP contribution is 2.56. The van der Waals surface area contributed by atoms with Crippen molar-refractivity contribution in [2.45, 2.75) is 166 Å². The van der Waals surface area contributed by atoms with Crippen LogP contribution in [-0.2, 0) is 56.2 Å². The minimum Gasteiger partial charge on any atom is -0.404 e. The number of hydrogen-bond donors (Lipinski definition) is 0. The van der Waals surface area contributed by atoms with Gasteiger partial charge < -0.3 is 47.2 Å². The van der Waals surface area contributed by atoms with Gasteiger partial charge in [0.25, 0.3) is 0 Å². The Labute approximate surface area is 316 Å². The first-order chi connectivity index (χ1) is 25.4. The van der Waals surface area contributed by atoms with Gasteiger partial charge in [-0.2, -0.15) is 0 Å². The van der Waals surface area contributed by atoms with Crippen molar-refractivity contribution in [2.75, 3.05) is 46.8 Å². The number of phosphoric acid groups is 1. The summed E-state index contributed by atoms with van der Waals surface area (Å²) < 4.78 is 90.7. The van der Waals surface area contributed by atoms with Crippen LogP contribution in [0, 0.1) is 0 Å². The predicted molar refractivity (Wildman–Crippen MR) is 197 cm³/mol. The van der Waals surface area contributed by atoms with Gasteiger partial charge in [0, 0.05) is 33.2 Å². The number of ether oxygens (including phenoxy) is 9. The minimum atomic E-state index is -4.41. The Morgan fingerprint density at radius 2 is 1.32 bits per heavy atom. The lowest BCUT2D eigenvalue weighted by atomic mass is 9.84. The Kier molecular flexibility index (Phi) is 16.0. The third kappa shape index (κ3) is 12.2. The Morgan fingerprint density at radius 3 is 1.89 bits per heavy atom. The van der Waals surface area contributed by atoms with Gasteiger partial charge in [-0.3, -0.25) is 9.05 Å². The summed E-state index contributed by atoms with van der Waals surface area (Å²) in [6.45, 7) is 14.0. The summed E-state index contributed by atoms with van der Waals surface area (Å²) in [5, 5.41) is 0. The topological polar surface area (TPSA) is 128 Å². The van der Waals surface area contributed by atoms with Gasteiger partial charge in [0.1, 0.15) is 48.5 Å². The van der Waals surface area contributed by atoms with Crippen LogP contribution in [0.2, 0.25) is 0 Å². The van der Waals surface area contributed by atoms with Crippen LogP contribution in [0.5, 0.6) is 5.75 Å². The van der Waals surface area contributed by atoms with Gasteiger partial charge in [-0.05, 0) is 52.7 Å². The smallest absolute Gasteiger partial charge is 0.404 e. The Morgan fingerprint density at radius 1 is 0.755 bits per heavy atom. The number of phosphoric ester groups is 1. The van der Waals surface area contributed by atoms with Crippen molar-refractivity contribution in [3.8, 4) is 5.75 Å². The number of rotatable bonds is 23. The molecule has 0 amide bonds. The second-order valence-electron chi connectivity index (χ2n) is 15.3. The predicted octanol–water partition coefficient (Wildman–Crippen LogP) is 7.73. The molecule has 1 aromatic rings. The first-order valence-electron chi connectivity index (χ1n) is 19.8. The summed E-state index contributed by atoms with van der Waals surface area (Å²) in [4.78, 5) is 0. The van der Waals surface area contributed by atoms with Crippen LogP contribution in [0.15, 0.2) is 30.3 Å². The van der Waals surface area contributed by atoms with E-state index in [1.807, 2.05) is 33.8 Å². The fourth-order valence-corrected chi connectivity index (χ4v) is 8.78. The van der Waals surface area contributed by atoms with E-state index >= 15 is 0 Å². The molecule has 0 bridgehead atoms. The van der Waals surface area contributed by atoms with Crippen molar-refractivity contribution in [3.63, 3.8) is 0 Å². The summed E-state index contributed by atoms with van der Waals surface area (Å²) in [7, 11) is -2.78. The molecule has 3 saturated heterocycles. The number of para-hydroxylation sites is 1. The summed E-state index contributed by atoms with van der Waals surface area (Å²) in [6, 6.07) is 8.82. The van der Waals surface area contributed by atoms with Crippen LogP contribution in [0.4, 0.5) is 0 Å². The lowest BCUT2D eigenvalue weighted by Crippen LogP contribution is -2.64. The number of fused-ring (bicyclic) bond motifs is 2. The van der Waals surface area contributed by atoms with E-state index in [9.17, 15) is 4.57 Å². The zero-order chi connectivity index (χ0) is 38.0. The minimum absolute atomic E-state index is 0.0857. The van der Waals surface area contributed by atoms with E-state index in [0.717, 1.165) is 44.9 Å². The van der Waals surface area contributed by atoms with Crippen molar-refractivity contribution < 1.29 is 60.8 Å². The lowest BCUT2D eigenvalue weighted by molar-refractivity contribution is -0.313. The molecule has 4 aliphatic rings. The molecule has 8 atom stereocenters. The summed E-state index contributed by atoms with van der Waals surface area (Å²) in [5.41, 5.74) is 0. The number of methoxy groups -OCH3 is 1. The second-order valence-corrected chi connectivity index (χ2v) is 16.9. The molecule has 0 aromatic heterocycles. The molecule has 0 spiro atoms. The summed E-state index contributed by atoms with van der Waals surface area (Å²) in [5.74, 6) is -2.66. The molecule has 14 heteroatoms. The van der Waals surface area contributed by atoms with E-state index in [0.29, 0.717) is 45.0 Å². The van der Waals surface area contributed by atoms with Crippen LogP contribution in [-0.4, -0.2) is 107 Å². The third-order valence-corrected chi connectivity index (χ3v) is 11.4. The Balaban J connectivity index is 1.39. The second kappa shape index (κ2) is 19.8. The number of hydrogen-bond acceptors (Lipinski definition) is 13. The van der Waals surface area contributed by atoms with Gasteiger partial charge in [-0.1, -0.05) is 70.6 Å². The number of unbranched alkanes of at least 4 members (excludes halogenated alkanes) is 6. The third-order valence-electron chi connectivity index (χ3n) is 10.0. The normalized spacial score (nSPS) is 30.3. The highest BCUT2D eigenvalue weighted by Gasteiger charge is 2.66. The average Bonchev–Trinajstić information content (AvgIpc) is 3.64. The highest BCUT2D eigenvalue weighted by atomic mass is 31.2. The molecule has 304 valence electrons. The highest BCUT2D eigenvalue weighted by molar-refractivity contribution is 7.49. The van der Waals surface area contributed by atoms with Crippen molar-refractivity contribution >= 4 is 7.82 Å². The molecule has 4 fully saturated rings. The molecule has 13 nitrogen and oxygen atoms in total. The zero-order valence-corrected chi connectivity index (χ0v) is 33.9. The van der Waals surface area contributed by atoms with Crippen LogP contribution in [0.1, 0.15) is 106 Å². The molecule has 1 saturated carbocycles. The molecule has 0 N–H and O–H groups in total. The molecule has 3 heterocycles. The maximum atomic E-state index is 15.0. The van der Waals surface area contributed by atoms with Gasteiger partial charge in [-0.15, -0.1) is 0 Å². The fourth-order valence-electron chi connectivity index (χ4n) is 7.36. The first kappa shape index (κ1) is 42.9. The van der Waals surface area contributed by atoms with Crippen LogP contribution < -0.4 is 4.52 Å². The molecular formula is C39H65O13P. The molecule has 1 aromatic carbocycles. The van der Waals surface area contributed by atoms with E-state index < -0.39 is 67.9 Å². The van der Waals surface area contributed by atoms with Crippen molar-refractivity contribution in [1.29, 1.82) is 0 Å². The summed E-state index contributed by atoms with van der Waals surface area (Å²) >= 11 is 0. The molecular weight excluding hydrogens is 707 g/mol. The largest absolute Gasteiger partial charge is 0.530 e. The molecule has 53 heavy (non-hydrogen) atoms. The maximum absolute atomic E-state index is 15.0. The summed E-state index contributed by atoms with van der Waals surface area (Å²) in [6.07, 6.45) is 4.51. The SMILES string of the molecule is CCCCCCOC[C@H](COP(=O)(Oc1ccccc1)OC1[C@@H]2OC(C)(C)O[C@@H]2C(OC2(OC)CCOCC2)[C@@H]2OC(C)(C)O[C@@H]12)OCCCCCC. The molecule has 5 rings (SSSR count). The van der Waals surface area contributed by atoms with Crippen LogP contribution in [0.3, 0.4) is 0 Å².